The first-order valence-electron chi connectivity index (χ1n) is 7.83. The molecule has 2 N–H and O–H groups in total. The van der Waals surface area contributed by atoms with E-state index < -0.39 is 5.60 Å². The van der Waals surface area contributed by atoms with Crippen molar-refractivity contribution in [3.8, 4) is 0 Å². The predicted octanol–water partition coefficient (Wildman–Crippen LogP) is 3.06. The Morgan fingerprint density at radius 1 is 1.23 bits per heavy atom. The van der Waals surface area contributed by atoms with Crippen molar-refractivity contribution in [2.75, 3.05) is 0 Å². The van der Waals surface area contributed by atoms with Gasteiger partial charge in [-0.25, -0.2) is 4.79 Å². The van der Waals surface area contributed by atoms with E-state index in [0.717, 1.165) is 24.3 Å². The van der Waals surface area contributed by atoms with Gasteiger partial charge < -0.3 is 15.4 Å². The minimum Gasteiger partial charge on any atom is -0.444 e. The largest absolute Gasteiger partial charge is 0.444 e. The molecule has 3 unspecified atom stereocenters. The average Bonchev–Trinajstić information content (AvgIpc) is 2.95. The van der Waals surface area contributed by atoms with Crippen LogP contribution in [0.4, 0.5) is 4.79 Å². The maximum atomic E-state index is 11.7. The molecule has 0 bridgehead atoms. The van der Waals surface area contributed by atoms with Crippen LogP contribution in [-0.4, -0.2) is 29.8 Å². The van der Waals surface area contributed by atoms with E-state index in [9.17, 15) is 4.79 Å². The van der Waals surface area contributed by atoms with Crippen molar-refractivity contribution in [3.05, 3.63) is 34.3 Å². The summed E-state index contributed by atoms with van der Waals surface area (Å²) in [6.45, 7) is 5.61. The number of hydrogen-bond acceptors (Lipinski definition) is 3. The van der Waals surface area contributed by atoms with Crippen LogP contribution < -0.4 is 10.6 Å². The molecule has 2 aliphatic rings. The Bertz CT molecular complexity index is 583. The molecule has 0 saturated heterocycles. The lowest BCUT2D eigenvalue weighted by Crippen LogP contribution is -2.39. The van der Waals surface area contributed by atoms with E-state index in [0.29, 0.717) is 12.1 Å². The fourth-order valence-corrected chi connectivity index (χ4v) is 3.20. The first-order chi connectivity index (χ1) is 10.3. The summed E-state index contributed by atoms with van der Waals surface area (Å²) in [5, 5.41) is 7.35. The van der Waals surface area contributed by atoms with E-state index in [1.807, 2.05) is 26.8 Å². The van der Waals surface area contributed by atoms with Crippen molar-refractivity contribution in [2.45, 2.75) is 63.8 Å². The number of benzene rings is 1. The molecule has 1 saturated carbocycles. The van der Waals surface area contributed by atoms with Gasteiger partial charge >= 0.3 is 6.09 Å². The minimum absolute atomic E-state index is 0.183. The van der Waals surface area contributed by atoms with Crippen molar-refractivity contribution in [1.29, 1.82) is 0 Å². The maximum absolute atomic E-state index is 11.7. The van der Waals surface area contributed by atoms with Crippen molar-refractivity contribution < 1.29 is 9.53 Å². The molecule has 0 aromatic heterocycles. The molecular weight excluding hydrogens is 300 g/mol. The molecule has 3 atom stereocenters. The molecule has 3 rings (SSSR count). The molecule has 1 aromatic carbocycles. The number of amides is 1. The lowest BCUT2D eigenvalue weighted by Gasteiger charge is -2.20. The van der Waals surface area contributed by atoms with Crippen LogP contribution in [0.25, 0.3) is 0 Å². The topological polar surface area (TPSA) is 50.4 Å². The van der Waals surface area contributed by atoms with Gasteiger partial charge in [0.1, 0.15) is 5.60 Å². The molecule has 0 radical (unpaired) electrons. The molecule has 1 amide bonds. The lowest BCUT2D eigenvalue weighted by atomic mass is 10.1. The highest BCUT2D eigenvalue weighted by Crippen LogP contribution is 2.29. The molecule has 0 heterocycles. The second kappa shape index (κ2) is 5.74. The highest BCUT2D eigenvalue weighted by molar-refractivity contribution is 6.30. The lowest BCUT2D eigenvalue weighted by molar-refractivity contribution is 0.0522. The molecule has 5 heteroatoms. The Labute approximate surface area is 136 Å². The highest BCUT2D eigenvalue weighted by Gasteiger charge is 2.41. The first kappa shape index (κ1) is 15.6. The van der Waals surface area contributed by atoms with Crippen molar-refractivity contribution in [2.24, 2.45) is 0 Å². The van der Waals surface area contributed by atoms with Gasteiger partial charge in [0.2, 0.25) is 0 Å². The molecule has 2 aliphatic carbocycles. The zero-order valence-corrected chi connectivity index (χ0v) is 14.0. The first-order valence-corrected chi connectivity index (χ1v) is 8.21. The van der Waals surface area contributed by atoms with Gasteiger partial charge in [0.15, 0.2) is 0 Å². The molecule has 22 heavy (non-hydrogen) atoms. The van der Waals surface area contributed by atoms with Crippen LogP contribution in [-0.2, 0) is 17.6 Å². The highest BCUT2D eigenvalue weighted by atomic mass is 35.5. The SMILES string of the molecule is CC(C)(C)OC(=O)NC1CC1NC1Cc2ccc(Cl)cc2C1. The molecule has 0 spiro atoms. The normalized spacial score (nSPS) is 26.5. The van der Waals surface area contributed by atoms with Crippen molar-refractivity contribution in [1.82, 2.24) is 10.6 Å². The summed E-state index contributed by atoms with van der Waals surface area (Å²) < 4.78 is 5.28. The quantitative estimate of drug-likeness (QED) is 0.899. The van der Waals surface area contributed by atoms with Crippen LogP contribution in [0.1, 0.15) is 38.3 Å². The Hall–Kier alpha value is -1.26. The fraction of sp³-hybridized carbons (Fsp3) is 0.588. The summed E-state index contributed by atoms with van der Waals surface area (Å²) in [6, 6.07) is 7.09. The number of fused-ring (bicyclic) bond motifs is 1. The third kappa shape index (κ3) is 3.93. The summed E-state index contributed by atoms with van der Waals surface area (Å²) in [5.41, 5.74) is 2.26. The van der Waals surface area contributed by atoms with Gasteiger partial charge in [0.05, 0.1) is 0 Å². The number of nitrogens with one attached hydrogen (secondary N) is 2. The summed E-state index contributed by atoms with van der Waals surface area (Å²) in [5.74, 6) is 0. The number of alkyl carbamates (subject to hydrolysis) is 1. The van der Waals surface area contributed by atoms with Gasteiger partial charge in [-0.3, -0.25) is 0 Å². The van der Waals surface area contributed by atoms with Gasteiger partial charge in [-0.1, -0.05) is 17.7 Å². The summed E-state index contributed by atoms with van der Waals surface area (Å²) in [7, 11) is 0. The minimum atomic E-state index is -0.450. The smallest absolute Gasteiger partial charge is 0.407 e. The van der Waals surface area contributed by atoms with Crippen LogP contribution in [0.2, 0.25) is 5.02 Å². The van der Waals surface area contributed by atoms with Crippen molar-refractivity contribution in [3.63, 3.8) is 0 Å². The molecule has 120 valence electrons. The predicted molar refractivity (Wildman–Crippen MR) is 87.3 cm³/mol. The van der Waals surface area contributed by atoms with Crippen LogP contribution in [0.15, 0.2) is 18.2 Å². The zero-order chi connectivity index (χ0) is 15.9. The van der Waals surface area contributed by atoms with Gasteiger partial charge in [0, 0.05) is 23.1 Å². The summed E-state index contributed by atoms with van der Waals surface area (Å²) >= 11 is 6.04. The number of carbonyl (C=O) groups is 1. The van der Waals surface area contributed by atoms with Crippen LogP contribution >= 0.6 is 11.6 Å². The van der Waals surface area contributed by atoms with Gasteiger partial charge in [-0.15, -0.1) is 0 Å². The summed E-state index contributed by atoms with van der Waals surface area (Å²) in [6.07, 6.45) is 2.67. The van der Waals surface area contributed by atoms with Gasteiger partial charge in [-0.05, 0) is 63.3 Å². The van der Waals surface area contributed by atoms with E-state index in [1.165, 1.54) is 11.1 Å². The Kier molecular flexibility index (Phi) is 4.08. The van der Waals surface area contributed by atoms with Gasteiger partial charge in [0.25, 0.3) is 0 Å². The molecule has 4 nitrogen and oxygen atoms in total. The van der Waals surface area contributed by atoms with E-state index in [1.54, 1.807) is 0 Å². The third-order valence-corrected chi connectivity index (χ3v) is 4.28. The number of ether oxygens (including phenoxy) is 1. The van der Waals surface area contributed by atoms with Crippen LogP contribution in [0.5, 0.6) is 0 Å². The molecule has 0 aliphatic heterocycles. The van der Waals surface area contributed by atoms with E-state index in [-0.39, 0.29) is 12.1 Å². The molecular formula is C17H23ClN2O2. The molecule has 1 fully saturated rings. The second-order valence-corrected chi connectivity index (χ2v) is 7.72. The van der Waals surface area contributed by atoms with E-state index >= 15 is 0 Å². The number of carbonyl (C=O) groups excluding carboxylic acids is 1. The standard InChI is InChI=1S/C17H23ClN2O2/c1-17(2,3)22-16(21)20-15-9-14(15)19-13-7-10-4-5-12(18)6-11(10)8-13/h4-6,13-15,19H,7-9H2,1-3H3,(H,20,21). The maximum Gasteiger partial charge on any atom is 0.407 e. The van der Waals surface area contributed by atoms with Gasteiger partial charge in [-0.2, -0.15) is 0 Å². The van der Waals surface area contributed by atoms with E-state index in [4.69, 9.17) is 16.3 Å². The summed E-state index contributed by atoms with van der Waals surface area (Å²) in [4.78, 5) is 11.7. The van der Waals surface area contributed by atoms with Crippen molar-refractivity contribution >= 4 is 17.7 Å². The zero-order valence-electron chi connectivity index (χ0n) is 13.3. The second-order valence-electron chi connectivity index (χ2n) is 7.28. The van der Waals surface area contributed by atoms with E-state index in [2.05, 4.69) is 22.8 Å². The Morgan fingerprint density at radius 2 is 1.95 bits per heavy atom. The number of rotatable bonds is 3. The van der Waals surface area contributed by atoms with Crippen LogP contribution in [0.3, 0.4) is 0 Å². The Morgan fingerprint density at radius 3 is 2.68 bits per heavy atom. The Balaban J connectivity index is 1.44. The number of halogens is 1. The average molecular weight is 323 g/mol. The van der Waals surface area contributed by atoms with Crippen LogP contribution in [0, 0.1) is 0 Å². The fourth-order valence-electron chi connectivity index (χ4n) is 3.00. The number of hydrogen-bond donors (Lipinski definition) is 2. The monoisotopic (exact) mass is 322 g/mol. The molecule has 1 aromatic rings. The third-order valence-electron chi connectivity index (χ3n) is 4.04.